The Balaban J connectivity index is 0.000000173. The van der Waals surface area contributed by atoms with Crippen molar-refractivity contribution in [2.45, 2.75) is 0 Å². The topological polar surface area (TPSA) is 112 Å². The van der Waals surface area contributed by atoms with Gasteiger partial charge in [-0.3, -0.25) is 25.2 Å². The lowest BCUT2D eigenvalue weighted by atomic mass is 10.2. The Kier molecular flexibility index (Phi) is 9.27. The van der Waals surface area contributed by atoms with E-state index in [1.54, 1.807) is 53.5 Å². The van der Waals surface area contributed by atoms with Gasteiger partial charge in [-0.2, -0.15) is 0 Å². The summed E-state index contributed by atoms with van der Waals surface area (Å²) < 4.78 is 1.00. The van der Waals surface area contributed by atoms with Crippen molar-refractivity contribution in [1.82, 2.24) is 9.97 Å². The molecule has 8 nitrogen and oxygen atoms in total. The molecule has 0 fully saturated rings. The molecular weight excluding hydrogens is 527 g/mol. The summed E-state index contributed by atoms with van der Waals surface area (Å²) in [6.07, 6.45) is 3.48. The van der Waals surface area contributed by atoms with E-state index in [0.717, 1.165) is 14.1 Å². The van der Waals surface area contributed by atoms with Crippen molar-refractivity contribution >= 4 is 56.6 Å². The van der Waals surface area contributed by atoms with Crippen LogP contribution in [-0.4, -0.2) is 19.8 Å². The first-order chi connectivity index (χ1) is 14.0. The van der Waals surface area contributed by atoms with Crippen LogP contribution in [0, 0.1) is 23.8 Å². The van der Waals surface area contributed by atoms with Crippen molar-refractivity contribution in [2.75, 3.05) is 0 Å². The van der Waals surface area contributed by atoms with Crippen LogP contribution in [-0.2, 0) is 0 Å². The molecule has 148 valence electrons. The number of benzene rings is 2. The molecular formula is C18H13IN4O4S2. The lowest BCUT2D eigenvalue weighted by Crippen LogP contribution is -1.86. The Morgan fingerprint density at radius 3 is 1.79 bits per heavy atom. The van der Waals surface area contributed by atoms with Gasteiger partial charge in [0.25, 0.3) is 11.4 Å². The molecule has 0 radical (unpaired) electrons. The molecule has 0 unspecified atom stereocenters. The number of nitrogens with zero attached hydrogens (tertiary/aromatic N) is 4. The van der Waals surface area contributed by atoms with E-state index in [1.807, 2.05) is 10.8 Å². The van der Waals surface area contributed by atoms with Crippen molar-refractivity contribution in [3.05, 3.63) is 101 Å². The van der Waals surface area contributed by atoms with Crippen molar-refractivity contribution in [3.8, 4) is 10.6 Å². The van der Waals surface area contributed by atoms with E-state index in [0.29, 0.717) is 0 Å². The van der Waals surface area contributed by atoms with Crippen molar-refractivity contribution in [2.24, 2.45) is 0 Å². The molecule has 0 spiro atoms. The average molecular weight is 540 g/mol. The van der Waals surface area contributed by atoms with Gasteiger partial charge < -0.3 is 0 Å². The number of nitro groups is 2. The summed E-state index contributed by atoms with van der Waals surface area (Å²) in [7, 11) is 0. The average Bonchev–Trinajstić information content (AvgIpc) is 3.45. The van der Waals surface area contributed by atoms with Gasteiger partial charge in [0, 0.05) is 56.6 Å². The van der Waals surface area contributed by atoms with E-state index in [4.69, 9.17) is 0 Å². The highest BCUT2D eigenvalue weighted by Crippen LogP contribution is 2.23. The smallest absolute Gasteiger partial charge is 0.258 e. The zero-order valence-electron chi connectivity index (χ0n) is 14.6. The van der Waals surface area contributed by atoms with E-state index in [-0.39, 0.29) is 11.4 Å². The molecule has 0 N–H and O–H groups in total. The molecule has 0 aliphatic rings. The van der Waals surface area contributed by atoms with Gasteiger partial charge in [0.05, 0.1) is 15.4 Å². The van der Waals surface area contributed by atoms with E-state index >= 15 is 0 Å². The monoisotopic (exact) mass is 540 g/mol. The van der Waals surface area contributed by atoms with Crippen LogP contribution < -0.4 is 0 Å². The molecule has 0 bridgehead atoms. The highest BCUT2D eigenvalue weighted by atomic mass is 127. The minimum absolute atomic E-state index is 0.102. The van der Waals surface area contributed by atoms with Gasteiger partial charge in [0.1, 0.15) is 5.01 Å². The first-order valence-corrected chi connectivity index (χ1v) is 10.7. The fourth-order valence-corrected chi connectivity index (χ4v) is 3.19. The third-order valence-electron chi connectivity index (χ3n) is 3.14. The van der Waals surface area contributed by atoms with E-state index in [9.17, 15) is 20.2 Å². The van der Waals surface area contributed by atoms with Crippen molar-refractivity contribution in [1.29, 1.82) is 0 Å². The first kappa shape index (κ1) is 22.5. The summed E-state index contributed by atoms with van der Waals surface area (Å²) in [6.45, 7) is 0. The van der Waals surface area contributed by atoms with Crippen LogP contribution in [0.5, 0.6) is 0 Å². The Hall–Kier alpha value is -2.77. The minimum Gasteiger partial charge on any atom is -0.258 e. The fraction of sp³-hybridized carbons (Fsp3) is 0. The molecule has 0 atom stereocenters. The van der Waals surface area contributed by atoms with Crippen molar-refractivity contribution < 1.29 is 9.85 Å². The summed E-state index contributed by atoms with van der Waals surface area (Å²) in [5.74, 6) is 0. The van der Waals surface area contributed by atoms with Gasteiger partial charge in [0.15, 0.2) is 0 Å². The lowest BCUT2D eigenvalue weighted by molar-refractivity contribution is -0.385. The molecule has 4 rings (SSSR count). The molecule has 0 saturated carbocycles. The summed E-state index contributed by atoms with van der Waals surface area (Å²) >= 11 is 5.21. The molecule has 0 amide bonds. The number of rotatable bonds is 3. The summed E-state index contributed by atoms with van der Waals surface area (Å²) in [5, 5.41) is 25.2. The van der Waals surface area contributed by atoms with Gasteiger partial charge in [0.2, 0.25) is 0 Å². The molecule has 2 heterocycles. The van der Waals surface area contributed by atoms with Crippen LogP contribution in [0.25, 0.3) is 10.6 Å². The molecule has 11 heteroatoms. The first-order valence-electron chi connectivity index (χ1n) is 7.84. The second kappa shape index (κ2) is 11.9. The second-order valence-corrected chi connectivity index (χ2v) is 7.95. The lowest BCUT2D eigenvalue weighted by Gasteiger charge is -1.94. The quantitative estimate of drug-likeness (QED) is 0.177. The van der Waals surface area contributed by atoms with Crippen LogP contribution in [0.1, 0.15) is 0 Å². The normalized spacial score (nSPS) is 9.41. The van der Waals surface area contributed by atoms with E-state index in [1.165, 1.54) is 35.6 Å². The second-order valence-electron chi connectivity index (χ2n) is 5.05. The summed E-state index contributed by atoms with van der Waals surface area (Å²) in [5.41, 5.74) is 2.94. The third-order valence-corrected chi connectivity index (χ3v) is 5.21. The molecule has 29 heavy (non-hydrogen) atoms. The Labute approximate surface area is 187 Å². The van der Waals surface area contributed by atoms with E-state index in [2.05, 4.69) is 32.6 Å². The van der Waals surface area contributed by atoms with Gasteiger partial charge in [-0.1, -0.05) is 0 Å². The molecule has 0 aliphatic carbocycles. The SMILES string of the molecule is O=[N+]([O-])c1ccc(-c2nccs2)cc1.O=[N+]([O-])c1ccc(I)cc1.c1cscn1. The number of nitro benzene ring substituents is 2. The van der Waals surface area contributed by atoms with Crippen LogP contribution in [0.15, 0.2) is 77.2 Å². The summed E-state index contributed by atoms with van der Waals surface area (Å²) in [6, 6.07) is 12.8. The molecule has 2 aromatic heterocycles. The molecule has 4 aromatic rings. The Morgan fingerprint density at radius 1 is 0.828 bits per heavy atom. The maximum Gasteiger partial charge on any atom is 0.269 e. The number of aromatic nitrogens is 2. The van der Waals surface area contributed by atoms with Gasteiger partial charge >= 0.3 is 0 Å². The predicted molar refractivity (Wildman–Crippen MR) is 122 cm³/mol. The molecule has 2 aromatic carbocycles. The number of thiazole rings is 2. The minimum atomic E-state index is -0.411. The maximum atomic E-state index is 10.4. The molecule has 0 saturated heterocycles. The highest BCUT2D eigenvalue weighted by molar-refractivity contribution is 14.1. The fourth-order valence-electron chi connectivity index (χ4n) is 1.83. The van der Waals surface area contributed by atoms with Gasteiger partial charge in [-0.25, -0.2) is 4.98 Å². The number of non-ortho nitro benzene ring substituents is 2. The van der Waals surface area contributed by atoms with Crippen LogP contribution in [0.4, 0.5) is 11.4 Å². The van der Waals surface area contributed by atoms with Crippen LogP contribution >= 0.6 is 45.3 Å². The molecule has 0 aliphatic heterocycles. The number of halogens is 1. The zero-order chi connectivity index (χ0) is 21.1. The van der Waals surface area contributed by atoms with E-state index < -0.39 is 9.85 Å². The van der Waals surface area contributed by atoms with Crippen LogP contribution in [0.2, 0.25) is 0 Å². The van der Waals surface area contributed by atoms with Crippen molar-refractivity contribution in [3.63, 3.8) is 0 Å². The third kappa shape index (κ3) is 8.01. The Bertz CT molecular complexity index is 992. The zero-order valence-corrected chi connectivity index (χ0v) is 18.4. The summed E-state index contributed by atoms with van der Waals surface area (Å²) in [4.78, 5) is 27.5. The maximum absolute atomic E-state index is 10.4. The number of hydrogen-bond acceptors (Lipinski definition) is 8. The van der Waals surface area contributed by atoms with Gasteiger partial charge in [-0.05, 0) is 46.9 Å². The number of hydrogen-bond donors (Lipinski definition) is 0. The predicted octanol–water partition coefficient (Wildman–Crippen LogP) is 6.06. The largest absolute Gasteiger partial charge is 0.269 e. The highest BCUT2D eigenvalue weighted by Gasteiger charge is 2.05. The van der Waals surface area contributed by atoms with Gasteiger partial charge in [-0.15, -0.1) is 22.7 Å². The van der Waals surface area contributed by atoms with Crippen LogP contribution in [0.3, 0.4) is 0 Å². The standard InChI is InChI=1S/C9H6N2O2S.C6H4INO2.C3H3NS/c12-11(13)8-3-1-7(2-4-8)9-10-5-6-14-9;7-5-1-3-6(4-2-5)8(9)10;1-2-5-3-4-1/h1-6H;1-4H;1-3H. The Morgan fingerprint density at radius 2 is 1.41 bits per heavy atom.